The van der Waals surface area contributed by atoms with Crippen LogP contribution in [0.5, 0.6) is 5.88 Å². The number of non-ortho nitro benzene ring substituents is 1. The van der Waals surface area contributed by atoms with E-state index in [1.54, 1.807) is 6.07 Å². The van der Waals surface area contributed by atoms with Gasteiger partial charge in [0.25, 0.3) is 5.69 Å². The molecule has 0 spiro atoms. The molecule has 2 aromatic carbocycles. The summed E-state index contributed by atoms with van der Waals surface area (Å²) in [5.41, 5.74) is 0.462. The van der Waals surface area contributed by atoms with Crippen LogP contribution in [0.1, 0.15) is 5.56 Å². The Balaban J connectivity index is 2.11. The number of benzene rings is 2. The van der Waals surface area contributed by atoms with Crippen LogP contribution in [-0.4, -0.2) is 19.9 Å². The molecule has 0 bridgehead atoms. The van der Waals surface area contributed by atoms with Crippen LogP contribution in [0.3, 0.4) is 0 Å². The molecule has 0 aliphatic heterocycles. The van der Waals surface area contributed by atoms with Crippen molar-refractivity contribution in [2.24, 2.45) is 10.2 Å². The molecule has 0 atom stereocenters. The smallest absolute Gasteiger partial charge is 0.303 e. The maximum atomic E-state index is 11.1. The van der Waals surface area contributed by atoms with Crippen molar-refractivity contribution in [3.63, 3.8) is 0 Å². The van der Waals surface area contributed by atoms with E-state index in [0.717, 1.165) is 23.8 Å². The molecule has 0 amide bonds. The second-order valence-electron chi connectivity index (χ2n) is 5.38. The number of aryl methyl sites for hydroxylation is 1. The first kappa shape index (κ1) is 17.5. The van der Waals surface area contributed by atoms with E-state index >= 15 is 0 Å². The van der Waals surface area contributed by atoms with Gasteiger partial charge in [0.05, 0.1) is 21.4 Å². The highest BCUT2D eigenvalue weighted by molar-refractivity contribution is 9.10. The average molecular weight is 420 g/mol. The molecule has 26 heavy (non-hydrogen) atoms. The normalized spacial score (nSPS) is 11.3. The van der Waals surface area contributed by atoms with Crippen molar-refractivity contribution in [3.05, 3.63) is 60.6 Å². The average Bonchev–Trinajstić information content (AvgIpc) is 2.88. The fourth-order valence-electron chi connectivity index (χ4n) is 2.42. The highest BCUT2D eigenvalue weighted by Crippen LogP contribution is 2.40. The molecular formula is C15H10BrN5O5. The lowest BCUT2D eigenvalue weighted by molar-refractivity contribution is -0.393. The van der Waals surface area contributed by atoms with Crippen LogP contribution in [0.25, 0.3) is 10.9 Å². The Hall–Kier alpha value is -3.34. The van der Waals surface area contributed by atoms with Gasteiger partial charge in [-0.3, -0.25) is 20.2 Å². The molecule has 0 radical (unpaired) electrons. The first-order valence-corrected chi connectivity index (χ1v) is 7.92. The van der Waals surface area contributed by atoms with Crippen molar-refractivity contribution in [1.82, 2.24) is 4.98 Å². The number of fused-ring (bicyclic) bond motifs is 1. The van der Waals surface area contributed by atoms with Gasteiger partial charge in [0.1, 0.15) is 0 Å². The summed E-state index contributed by atoms with van der Waals surface area (Å²) in [6.07, 6.45) is 0. The van der Waals surface area contributed by atoms with Gasteiger partial charge in [-0.25, -0.2) is 0 Å². The second kappa shape index (κ2) is 6.52. The van der Waals surface area contributed by atoms with E-state index in [-0.39, 0.29) is 17.3 Å². The second-order valence-corrected chi connectivity index (χ2v) is 6.23. The van der Waals surface area contributed by atoms with Crippen LogP contribution in [0.2, 0.25) is 0 Å². The quantitative estimate of drug-likeness (QED) is 0.339. The Labute approximate surface area is 153 Å². The van der Waals surface area contributed by atoms with E-state index in [2.05, 4.69) is 31.1 Å². The zero-order chi connectivity index (χ0) is 19.0. The maximum absolute atomic E-state index is 11.1. The van der Waals surface area contributed by atoms with Crippen LogP contribution in [-0.2, 0) is 0 Å². The lowest BCUT2D eigenvalue weighted by atomic mass is 10.1. The Morgan fingerprint density at radius 2 is 1.85 bits per heavy atom. The van der Waals surface area contributed by atoms with E-state index in [1.165, 1.54) is 0 Å². The molecule has 1 aromatic heterocycles. The third-order valence-corrected chi connectivity index (χ3v) is 4.21. The minimum Gasteiger partial charge on any atom is -0.493 e. The number of hydrogen-bond donors (Lipinski definition) is 2. The third kappa shape index (κ3) is 3.11. The summed E-state index contributed by atoms with van der Waals surface area (Å²) >= 11 is 3.38. The number of H-pyrrole nitrogens is 1. The number of nitrogens with zero attached hydrogens (tertiary/aromatic N) is 4. The molecule has 2 N–H and O–H groups in total. The number of azo groups is 1. The number of rotatable bonds is 4. The van der Waals surface area contributed by atoms with Crippen LogP contribution in [0.4, 0.5) is 22.7 Å². The largest absolute Gasteiger partial charge is 0.493 e. The highest BCUT2D eigenvalue weighted by Gasteiger charge is 2.20. The number of nitro benzene ring substituents is 2. The molecule has 10 nitrogen and oxygen atoms in total. The Morgan fingerprint density at radius 3 is 2.50 bits per heavy atom. The molecule has 1 heterocycles. The predicted molar refractivity (Wildman–Crippen MR) is 96.3 cm³/mol. The molecule has 0 fully saturated rings. The molecular weight excluding hydrogens is 410 g/mol. The number of hydrogen-bond acceptors (Lipinski definition) is 7. The summed E-state index contributed by atoms with van der Waals surface area (Å²) in [7, 11) is 0. The summed E-state index contributed by atoms with van der Waals surface area (Å²) in [5, 5.41) is 40.3. The van der Waals surface area contributed by atoms with Gasteiger partial charge in [0.2, 0.25) is 5.88 Å². The van der Waals surface area contributed by atoms with Gasteiger partial charge < -0.3 is 10.1 Å². The first-order valence-electron chi connectivity index (χ1n) is 7.13. The maximum Gasteiger partial charge on any atom is 0.303 e. The number of halogens is 1. The monoisotopic (exact) mass is 419 g/mol. The number of aromatic amines is 1. The highest BCUT2D eigenvalue weighted by atomic mass is 79.9. The van der Waals surface area contributed by atoms with Crippen LogP contribution < -0.4 is 0 Å². The molecule has 3 aromatic rings. The number of nitrogens with one attached hydrogen (secondary N) is 1. The molecule has 132 valence electrons. The van der Waals surface area contributed by atoms with Crippen molar-refractivity contribution < 1.29 is 15.0 Å². The third-order valence-electron chi connectivity index (χ3n) is 3.58. The van der Waals surface area contributed by atoms with Crippen molar-refractivity contribution >= 4 is 49.6 Å². The van der Waals surface area contributed by atoms with Crippen molar-refractivity contribution in [3.8, 4) is 5.88 Å². The molecule has 0 unspecified atom stereocenters. The summed E-state index contributed by atoms with van der Waals surface area (Å²) in [5.74, 6) is -0.250. The Bertz CT molecular complexity index is 1090. The lowest BCUT2D eigenvalue weighted by Crippen LogP contribution is -1.92. The van der Waals surface area contributed by atoms with E-state index in [4.69, 9.17) is 0 Å². The molecule has 11 heteroatoms. The summed E-state index contributed by atoms with van der Waals surface area (Å²) in [6.45, 7) is 1.86. The Morgan fingerprint density at radius 1 is 1.12 bits per heavy atom. The molecule has 0 aliphatic rings. The van der Waals surface area contributed by atoms with E-state index < -0.39 is 21.2 Å². The summed E-state index contributed by atoms with van der Waals surface area (Å²) < 4.78 is 0.713. The van der Waals surface area contributed by atoms with Gasteiger partial charge in [0.15, 0.2) is 11.4 Å². The molecule has 0 aliphatic carbocycles. The number of nitro groups is 2. The van der Waals surface area contributed by atoms with Crippen molar-refractivity contribution in [1.29, 1.82) is 0 Å². The van der Waals surface area contributed by atoms with Gasteiger partial charge >= 0.3 is 5.69 Å². The predicted octanol–water partition coefficient (Wildman–Crippen LogP) is 5.18. The van der Waals surface area contributed by atoms with Crippen LogP contribution >= 0.6 is 15.9 Å². The summed E-state index contributed by atoms with van der Waals surface area (Å²) in [4.78, 5) is 23.2. The zero-order valence-electron chi connectivity index (χ0n) is 13.1. The fraction of sp³-hybridized carbons (Fsp3) is 0.0667. The lowest BCUT2D eigenvalue weighted by Gasteiger charge is -1.98. The molecule has 0 saturated carbocycles. The van der Waals surface area contributed by atoms with Crippen molar-refractivity contribution in [2.45, 2.75) is 6.92 Å². The fourth-order valence-corrected chi connectivity index (χ4v) is 3.10. The standard InChI is InChI=1S/C15H10BrN5O5/c1-7-4-9-13(10(16)5-7)17-15(22)14(9)19-18-11-3-2-8(20(23)24)6-12(11)21(25)26/h2-6,17,22H,1H3. The summed E-state index contributed by atoms with van der Waals surface area (Å²) in [6, 6.07) is 6.66. The van der Waals surface area contributed by atoms with Gasteiger partial charge in [0, 0.05) is 15.9 Å². The van der Waals surface area contributed by atoms with Gasteiger partial charge in [-0.05, 0) is 46.6 Å². The van der Waals surface area contributed by atoms with E-state index in [9.17, 15) is 25.3 Å². The van der Waals surface area contributed by atoms with Gasteiger partial charge in [-0.2, -0.15) is 0 Å². The number of aromatic nitrogens is 1. The molecule has 0 saturated heterocycles. The SMILES string of the molecule is Cc1cc(Br)c2[nH]c(O)c(N=Nc3ccc([N+](=O)[O-])cc3[N+](=O)[O-])c2c1. The van der Waals surface area contributed by atoms with Crippen LogP contribution in [0, 0.1) is 27.2 Å². The zero-order valence-corrected chi connectivity index (χ0v) is 14.7. The topological polar surface area (TPSA) is 147 Å². The number of aromatic hydroxyl groups is 1. The van der Waals surface area contributed by atoms with Crippen molar-refractivity contribution in [2.75, 3.05) is 0 Å². The minimum atomic E-state index is -0.781. The van der Waals surface area contributed by atoms with Crippen LogP contribution in [0.15, 0.2) is 45.0 Å². The Kier molecular flexibility index (Phi) is 4.38. The van der Waals surface area contributed by atoms with Gasteiger partial charge in [-0.1, -0.05) is 0 Å². The first-order chi connectivity index (χ1) is 12.3. The van der Waals surface area contributed by atoms with E-state index in [1.807, 2.05) is 13.0 Å². The molecule has 3 rings (SSSR count). The minimum absolute atomic E-state index is 0.108. The van der Waals surface area contributed by atoms with Gasteiger partial charge in [-0.15, -0.1) is 10.2 Å². The van der Waals surface area contributed by atoms with E-state index in [0.29, 0.717) is 15.4 Å².